The number of carbonyl (C=O) groups excluding carboxylic acids is 1. The summed E-state index contributed by atoms with van der Waals surface area (Å²) in [6.07, 6.45) is 7.15. The largest absolute Gasteiger partial charge is 0.504 e. The van der Waals surface area contributed by atoms with E-state index in [0.717, 1.165) is 18.4 Å². The molecule has 24 heavy (non-hydrogen) atoms. The standard InChI is InChI=1S/C20H32O4/c1-3-5-6-7-8-9-17(21)15-18(22)12-10-16-11-13-20(24-4-2)19(23)14-16/h11,13-14,17,21,23H,3-10,12,15H2,1-2H3. The molecule has 1 aromatic rings. The van der Waals surface area contributed by atoms with Gasteiger partial charge in [0, 0.05) is 12.8 Å². The van der Waals surface area contributed by atoms with Crippen molar-refractivity contribution >= 4 is 5.78 Å². The molecule has 0 spiro atoms. The van der Waals surface area contributed by atoms with Gasteiger partial charge in [-0.15, -0.1) is 0 Å². The molecule has 1 unspecified atom stereocenters. The number of aromatic hydroxyl groups is 1. The number of rotatable bonds is 13. The molecular weight excluding hydrogens is 304 g/mol. The van der Waals surface area contributed by atoms with Gasteiger partial charge in [0.25, 0.3) is 0 Å². The first-order valence-corrected chi connectivity index (χ1v) is 9.21. The van der Waals surface area contributed by atoms with Gasteiger partial charge >= 0.3 is 0 Å². The van der Waals surface area contributed by atoms with Gasteiger partial charge in [-0.2, -0.15) is 0 Å². The Morgan fingerprint density at radius 2 is 1.92 bits per heavy atom. The van der Waals surface area contributed by atoms with E-state index in [1.165, 1.54) is 19.3 Å². The van der Waals surface area contributed by atoms with Gasteiger partial charge in [-0.25, -0.2) is 0 Å². The molecule has 0 amide bonds. The molecule has 1 aromatic carbocycles. The van der Waals surface area contributed by atoms with E-state index in [-0.39, 0.29) is 18.0 Å². The van der Waals surface area contributed by atoms with Gasteiger partial charge in [-0.1, -0.05) is 45.1 Å². The predicted octanol–water partition coefficient (Wildman–Crippen LogP) is 4.40. The zero-order valence-corrected chi connectivity index (χ0v) is 15.1. The average molecular weight is 336 g/mol. The first-order chi connectivity index (χ1) is 11.6. The molecule has 2 N–H and O–H groups in total. The van der Waals surface area contributed by atoms with Crippen LogP contribution in [0.3, 0.4) is 0 Å². The number of benzene rings is 1. The number of phenols is 1. The van der Waals surface area contributed by atoms with Gasteiger partial charge in [0.15, 0.2) is 11.5 Å². The van der Waals surface area contributed by atoms with E-state index in [4.69, 9.17) is 4.74 Å². The van der Waals surface area contributed by atoms with E-state index >= 15 is 0 Å². The molecule has 0 aliphatic heterocycles. The van der Waals surface area contributed by atoms with Crippen molar-refractivity contribution < 1.29 is 19.7 Å². The topological polar surface area (TPSA) is 66.8 Å². The number of carbonyl (C=O) groups is 1. The van der Waals surface area contributed by atoms with E-state index in [9.17, 15) is 15.0 Å². The lowest BCUT2D eigenvalue weighted by molar-refractivity contribution is -0.121. The summed E-state index contributed by atoms with van der Waals surface area (Å²) in [6.45, 7) is 4.54. The van der Waals surface area contributed by atoms with Crippen molar-refractivity contribution in [1.29, 1.82) is 0 Å². The van der Waals surface area contributed by atoms with E-state index in [0.29, 0.717) is 31.6 Å². The lowest BCUT2D eigenvalue weighted by Gasteiger charge is -2.10. The van der Waals surface area contributed by atoms with Crippen LogP contribution in [0.4, 0.5) is 0 Å². The van der Waals surface area contributed by atoms with Gasteiger partial charge < -0.3 is 14.9 Å². The van der Waals surface area contributed by atoms with Crippen molar-refractivity contribution in [3.05, 3.63) is 23.8 Å². The molecule has 0 aliphatic rings. The Bertz CT molecular complexity index is 485. The van der Waals surface area contributed by atoms with E-state index in [1.807, 2.05) is 13.0 Å². The lowest BCUT2D eigenvalue weighted by atomic mass is 10.0. The molecule has 0 fully saturated rings. The number of aryl methyl sites for hydroxylation is 1. The summed E-state index contributed by atoms with van der Waals surface area (Å²) in [6, 6.07) is 5.23. The molecule has 0 aromatic heterocycles. The minimum atomic E-state index is -0.521. The highest BCUT2D eigenvalue weighted by atomic mass is 16.5. The highest BCUT2D eigenvalue weighted by molar-refractivity contribution is 5.79. The Hall–Kier alpha value is -1.55. The van der Waals surface area contributed by atoms with Gasteiger partial charge in [0.05, 0.1) is 12.7 Å². The first kappa shape index (κ1) is 20.5. The van der Waals surface area contributed by atoms with Gasteiger partial charge in [-0.3, -0.25) is 4.79 Å². The third kappa shape index (κ3) is 8.34. The minimum absolute atomic E-state index is 0.0735. The molecular formula is C20H32O4. The zero-order chi connectivity index (χ0) is 17.8. The lowest BCUT2D eigenvalue weighted by Crippen LogP contribution is -2.13. The van der Waals surface area contributed by atoms with Crippen LogP contribution in [-0.2, 0) is 11.2 Å². The number of hydrogen-bond donors (Lipinski definition) is 2. The van der Waals surface area contributed by atoms with Crippen LogP contribution < -0.4 is 4.74 Å². The summed E-state index contributed by atoms with van der Waals surface area (Å²) in [5.74, 6) is 0.643. The van der Waals surface area contributed by atoms with Crippen LogP contribution in [0.15, 0.2) is 18.2 Å². The van der Waals surface area contributed by atoms with Gasteiger partial charge in [-0.05, 0) is 37.5 Å². The fourth-order valence-electron chi connectivity index (χ4n) is 2.73. The van der Waals surface area contributed by atoms with Gasteiger partial charge in [0.2, 0.25) is 0 Å². The number of ether oxygens (including phenoxy) is 1. The Morgan fingerprint density at radius 3 is 2.58 bits per heavy atom. The molecule has 0 heterocycles. The minimum Gasteiger partial charge on any atom is -0.504 e. The van der Waals surface area contributed by atoms with E-state index in [2.05, 4.69) is 6.92 Å². The quantitative estimate of drug-likeness (QED) is 0.524. The maximum atomic E-state index is 12.0. The van der Waals surface area contributed by atoms with Crippen LogP contribution in [0.5, 0.6) is 11.5 Å². The number of hydrogen-bond acceptors (Lipinski definition) is 4. The normalized spacial score (nSPS) is 12.1. The number of aliphatic hydroxyl groups is 1. The van der Waals surface area contributed by atoms with E-state index in [1.54, 1.807) is 12.1 Å². The maximum Gasteiger partial charge on any atom is 0.160 e. The third-order valence-electron chi connectivity index (χ3n) is 4.12. The van der Waals surface area contributed by atoms with Crippen molar-refractivity contribution in [1.82, 2.24) is 0 Å². The maximum absolute atomic E-state index is 12.0. The highest BCUT2D eigenvalue weighted by Gasteiger charge is 2.11. The average Bonchev–Trinajstić information content (AvgIpc) is 2.55. The smallest absolute Gasteiger partial charge is 0.160 e. The Labute approximate surface area is 145 Å². The van der Waals surface area contributed by atoms with Gasteiger partial charge in [0.1, 0.15) is 5.78 Å². The van der Waals surface area contributed by atoms with Crippen molar-refractivity contribution in [3.63, 3.8) is 0 Å². The fraction of sp³-hybridized carbons (Fsp3) is 0.650. The SMILES string of the molecule is CCCCCCCC(O)CC(=O)CCc1ccc(OCC)c(O)c1. The number of aliphatic hydroxyl groups excluding tert-OH is 1. The second-order valence-corrected chi connectivity index (χ2v) is 6.33. The number of ketones is 1. The fourth-order valence-corrected chi connectivity index (χ4v) is 2.73. The molecule has 4 heteroatoms. The number of Topliss-reactive ketones (excluding diaryl/α,β-unsaturated/α-hetero) is 1. The van der Waals surface area contributed by atoms with Crippen molar-refractivity contribution in [2.75, 3.05) is 6.61 Å². The molecule has 0 saturated heterocycles. The van der Waals surface area contributed by atoms with Crippen molar-refractivity contribution in [3.8, 4) is 11.5 Å². The van der Waals surface area contributed by atoms with Crippen LogP contribution in [0.25, 0.3) is 0 Å². The molecule has 1 rings (SSSR count). The van der Waals surface area contributed by atoms with Crippen molar-refractivity contribution in [2.45, 2.75) is 77.7 Å². The molecule has 0 saturated carbocycles. The molecule has 0 bridgehead atoms. The summed E-state index contributed by atoms with van der Waals surface area (Å²) < 4.78 is 5.28. The third-order valence-corrected chi connectivity index (χ3v) is 4.12. The number of unbranched alkanes of at least 4 members (excludes halogenated alkanes) is 4. The molecule has 1 atom stereocenters. The van der Waals surface area contributed by atoms with E-state index < -0.39 is 6.10 Å². The predicted molar refractivity (Wildman–Crippen MR) is 96.6 cm³/mol. The molecule has 136 valence electrons. The highest BCUT2D eigenvalue weighted by Crippen LogP contribution is 2.27. The van der Waals surface area contributed by atoms with Crippen LogP contribution in [0.2, 0.25) is 0 Å². The number of phenolic OH excluding ortho intramolecular Hbond substituents is 1. The van der Waals surface area contributed by atoms with Crippen LogP contribution in [0.1, 0.15) is 70.8 Å². The summed E-state index contributed by atoms with van der Waals surface area (Å²) in [4.78, 5) is 12.0. The Balaban J connectivity index is 2.26. The second kappa shape index (κ2) is 11.9. The molecule has 0 aliphatic carbocycles. The first-order valence-electron chi connectivity index (χ1n) is 9.21. The molecule has 0 radical (unpaired) electrons. The second-order valence-electron chi connectivity index (χ2n) is 6.33. The summed E-state index contributed by atoms with van der Waals surface area (Å²) in [5.41, 5.74) is 0.901. The summed E-state index contributed by atoms with van der Waals surface area (Å²) in [7, 11) is 0. The Kier molecular flexibility index (Phi) is 10.2. The zero-order valence-electron chi connectivity index (χ0n) is 15.1. The summed E-state index contributed by atoms with van der Waals surface area (Å²) >= 11 is 0. The van der Waals surface area contributed by atoms with Crippen LogP contribution in [0, 0.1) is 0 Å². The Morgan fingerprint density at radius 1 is 1.17 bits per heavy atom. The monoisotopic (exact) mass is 336 g/mol. The molecule has 4 nitrogen and oxygen atoms in total. The summed E-state index contributed by atoms with van der Waals surface area (Å²) in [5, 5.41) is 19.8. The van der Waals surface area contributed by atoms with Crippen molar-refractivity contribution in [2.24, 2.45) is 0 Å². The van der Waals surface area contributed by atoms with Crippen LogP contribution in [-0.4, -0.2) is 28.7 Å². The van der Waals surface area contributed by atoms with Crippen LogP contribution >= 0.6 is 0 Å².